The lowest BCUT2D eigenvalue weighted by molar-refractivity contribution is 0.370. The molecule has 2 rings (SSSR count). The second-order valence-electron chi connectivity index (χ2n) is 7.21. The summed E-state index contributed by atoms with van der Waals surface area (Å²) in [5.74, 6) is 2.08. The summed E-state index contributed by atoms with van der Waals surface area (Å²) in [4.78, 5) is 0. The lowest BCUT2D eigenvalue weighted by Crippen LogP contribution is -2.19. The van der Waals surface area contributed by atoms with Crippen molar-refractivity contribution in [1.82, 2.24) is 0 Å². The number of hydrogen-bond acceptors (Lipinski definition) is 1. The van der Waals surface area contributed by atoms with Crippen LogP contribution in [0.5, 0.6) is 0 Å². The van der Waals surface area contributed by atoms with Crippen LogP contribution in [0.3, 0.4) is 0 Å². The van der Waals surface area contributed by atoms with E-state index in [0.29, 0.717) is 17.8 Å². The van der Waals surface area contributed by atoms with Crippen molar-refractivity contribution >= 4 is 5.76 Å². The highest BCUT2D eigenvalue weighted by Crippen LogP contribution is 2.44. The van der Waals surface area contributed by atoms with Crippen molar-refractivity contribution in [3.63, 3.8) is 0 Å². The van der Waals surface area contributed by atoms with Crippen LogP contribution < -0.4 is 0 Å². The monoisotopic (exact) mass is 298 g/mol. The molecular formula is C21H30O. The van der Waals surface area contributed by atoms with Crippen LogP contribution in [0, 0.1) is 5.92 Å². The fourth-order valence-electron chi connectivity index (χ4n) is 3.69. The predicted molar refractivity (Wildman–Crippen MR) is 96.3 cm³/mol. The van der Waals surface area contributed by atoms with E-state index in [9.17, 15) is 5.11 Å². The molecule has 0 aromatic heterocycles. The second kappa shape index (κ2) is 7.17. The molecular weight excluding hydrogens is 268 g/mol. The molecule has 0 saturated carbocycles. The Morgan fingerprint density at radius 1 is 1.32 bits per heavy atom. The lowest BCUT2D eigenvalue weighted by Gasteiger charge is -2.34. The Labute approximate surface area is 135 Å². The first-order valence-electron chi connectivity index (χ1n) is 8.55. The molecule has 1 aromatic carbocycles. The molecule has 0 unspecified atom stereocenters. The summed E-state index contributed by atoms with van der Waals surface area (Å²) >= 11 is 0. The maximum atomic E-state index is 9.72. The van der Waals surface area contributed by atoms with Crippen molar-refractivity contribution in [1.29, 1.82) is 0 Å². The summed E-state index contributed by atoms with van der Waals surface area (Å²) in [5, 5.41) is 9.72. The number of rotatable bonds is 5. The Kier molecular flexibility index (Phi) is 5.50. The van der Waals surface area contributed by atoms with Crippen LogP contribution in [0.4, 0.5) is 0 Å². The smallest absolute Gasteiger partial charge is 0.115 e. The van der Waals surface area contributed by atoms with E-state index in [2.05, 4.69) is 52.5 Å². The minimum absolute atomic E-state index is 0.178. The van der Waals surface area contributed by atoms with Gasteiger partial charge in [0.05, 0.1) is 0 Å². The Morgan fingerprint density at radius 3 is 2.68 bits per heavy atom. The van der Waals surface area contributed by atoms with Crippen LogP contribution in [-0.4, -0.2) is 5.11 Å². The zero-order chi connectivity index (χ0) is 16.3. The third-order valence-electron chi connectivity index (χ3n) is 5.12. The van der Waals surface area contributed by atoms with Crippen LogP contribution in [0.25, 0.3) is 5.76 Å². The minimum atomic E-state index is 0.178. The molecule has 0 bridgehead atoms. The standard InChI is InChI=1S/C21H30O/c1-14(2)7-6-8-15(3)19-11-9-16(4)20-12-10-18(17(5)22)13-21(19)20/h7,10,12-13,15-16,19,22H,5-6,8-9,11H2,1-4H3/t15-,16+,19-/m0/s1. The third kappa shape index (κ3) is 3.82. The van der Waals surface area contributed by atoms with Gasteiger partial charge in [-0.1, -0.05) is 44.2 Å². The maximum Gasteiger partial charge on any atom is 0.115 e. The van der Waals surface area contributed by atoms with E-state index in [1.54, 1.807) is 0 Å². The molecule has 1 N–H and O–H groups in total. The largest absolute Gasteiger partial charge is 0.508 e. The fraction of sp³-hybridized carbons (Fsp3) is 0.524. The average molecular weight is 298 g/mol. The molecule has 1 heteroatoms. The number of hydrogen-bond donors (Lipinski definition) is 1. The Hall–Kier alpha value is -1.50. The zero-order valence-electron chi connectivity index (χ0n) is 14.5. The molecule has 1 aliphatic rings. The number of benzene rings is 1. The highest BCUT2D eigenvalue weighted by atomic mass is 16.3. The molecule has 0 fully saturated rings. The van der Waals surface area contributed by atoms with E-state index < -0.39 is 0 Å². The van der Waals surface area contributed by atoms with Gasteiger partial charge < -0.3 is 5.11 Å². The van der Waals surface area contributed by atoms with Gasteiger partial charge in [-0.2, -0.15) is 0 Å². The van der Waals surface area contributed by atoms with E-state index in [0.717, 1.165) is 12.0 Å². The van der Waals surface area contributed by atoms with Gasteiger partial charge in [-0.05, 0) is 74.5 Å². The summed E-state index contributed by atoms with van der Waals surface area (Å²) in [6, 6.07) is 6.38. The van der Waals surface area contributed by atoms with Crippen LogP contribution in [0.2, 0.25) is 0 Å². The molecule has 0 aliphatic heterocycles. The normalized spacial score (nSPS) is 21.8. The van der Waals surface area contributed by atoms with Crippen LogP contribution in [-0.2, 0) is 0 Å². The first-order chi connectivity index (χ1) is 10.4. The van der Waals surface area contributed by atoms with Crippen LogP contribution >= 0.6 is 0 Å². The fourth-order valence-corrected chi connectivity index (χ4v) is 3.69. The van der Waals surface area contributed by atoms with Gasteiger partial charge in [-0.3, -0.25) is 0 Å². The average Bonchev–Trinajstić information content (AvgIpc) is 2.46. The summed E-state index contributed by atoms with van der Waals surface area (Å²) in [6.07, 6.45) is 7.26. The van der Waals surface area contributed by atoms with Gasteiger partial charge >= 0.3 is 0 Å². The molecule has 1 aromatic rings. The van der Waals surface area contributed by atoms with E-state index in [-0.39, 0.29) is 5.76 Å². The van der Waals surface area contributed by atoms with Crippen molar-refractivity contribution in [2.45, 2.75) is 65.2 Å². The van der Waals surface area contributed by atoms with Crippen molar-refractivity contribution in [2.24, 2.45) is 5.92 Å². The SMILES string of the molecule is C=C(O)c1ccc2c(c1)[C@H]([C@@H](C)CCC=C(C)C)CC[C@H]2C. The van der Waals surface area contributed by atoms with Crippen LogP contribution in [0.1, 0.15) is 81.9 Å². The van der Waals surface area contributed by atoms with Crippen molar-refractivity contribution < 1.29 is 5.11 Å². The number of fused-ring (bicyclic) bond motifs is 1. The quantitative estimate of drug-likeness (QED) is 0.481. The Balaban J connectivity index is 2.24. The van der Waals surface area contributed by atoms with E-state index in [1.165, 1.54) is 36.0 Å². The highest BCUT2D eigenvalue weighted by molar-refractivity contribution is 5.58. The number of aliphatic hydroxyl groups is 1. The number of aliphatic hydroxyl groups excluding tert-OH is 1. The molecule has 22 heavy (non-hydrogen) atoms. The molecule has 120 valence electrons. The van der Waals surface area contributed by atoms with Crippen molar-refractivity contribution in [2.75, 3.05) is 0 Å². The summed E-state index contributed by atoms with van der Waals surface area (Å²) in [7, 11) is 0. The van der Waals surface area contributed by atoms with Gasteiger partial charge in [0, 0.05) is 5.56 Å². The molecule has 0 spiro atoms. The Bertz CT molecular complexity index is 563. The second-order valence-corrected chi connectivity index (χ2v) is 7.21. The molecule has 0 radical (unpaired) electrons. The van der Waals surface area contributed by atoms with Crippen molar-refractivity contribution in [3.8, 4) is 0 Å². The molecule has 3 atom stereocenters. The Morgan fingerprint density at radius 2 is 2.05 bits per heavy atom. The molecule has 1 aliphatic carbocycles. The van der Waals surface area contributed by atoms with E-state index in [1.807, 2.05) is 6.07 Å². The van der Waals surface area contributed by atoms with Gasteiger partial charge in [-0.15, -0.1) is 0 Å². The summed E-state index contributed by atoms with van der Waals surface area (Å²) < 4.78 is 0. The maximum absolute atomic E-state index is 9.72. The first kappa shape index (κ1) is 16.9. The highest BCUT2D eigenvalue weighted by Gasteiger charge is 2.28. The van der Waals surface area contributed by atoms with E-state index in [4.69, 9.17) is 0 Å². The van der Waals surface area contributed by atoms with E-state index >= 15 is 0 Å². The topological polar surface area (TPSA) is 20.2 Å². The first-order valence-corrected chi connectivity index (χ1v) is 8.55. The predicted octanol–water partition coefficient (Wildman–Crippen LogP) is 6.58. The third-order valence-corrected chi connectivity index (χ3v) is 5.12. The van der Waals surface area contributed by atoms with Crippen molar-refractivity contribution in [3.05, 3.63) is 53.1 Å². The molecule has 0 heterocycles. The van der Waals surface area contributed by atoms with Gasteiger partial charge in [0.1, 0.15) is 5.76 Å². The van der Waals surface area contributed by atoms with Gasteiger partial charge in [0.25, 0.3) is 0 Å². The molecule has 0 saturated heterocycles. The molecule has 0 amide bonds. The lowest BCUT2D eigenvalue weighted by atomic mass is 9.71. The number of allylic oxidation sites excluding steroid dienone is 2. The zero-order valence-corrected chi connectivity index (χ0v) is 14.5. The minimum Gasteiger partial charge on any atom is -0.508 e. The van der Waals surface area contributed by atoms with Gasteiger partial charge in [0.2, 0.25) is 0 Å². The molecule has 1 nitrogen and oxygen atoms in total. The van der Waals surface area contributed by atoms with Gasteiger partial charge in [-0.25, -0.2) is 0 Å². The van der Waals surface area contributed by atoms with Gasteiger partial charge in [0.15, 0.2) is 0 Å². The van der Waals surface area contributed by atoms with Crippen LogP contribution in [0.15, 0.2) is 36.4 Å². The summed E-state index contributed by atoms with van der Waals surface area (Å²) in [6.45, 7) is 12.7. The summed E-state index contributed by atoms with van der Waals surface area (Å²) in [5.41, 5.74) is 5.18.